The predicted molar refractivity (Wildman–Crippen MR) is 86.1 cm³/mol. The van der Waals surface area contributed by atoms with Gasteiger partial charge in [-0.2, -0.15) is 0 Å². The molecule has 0 radical (unpaired) electrons. The molecule has 0 saturated heterocycles. The lowest BCUT2D eigenvalue weighted by atomic mass is 10.0. The van der Waals surface area contributed by atoms with Gasteiger partial charge in [-0.1, -0.05) is 23.7 Å². The highest BCUT2D eigenvalue weighted by atomic mass is 35.5. The van der Waals surface area contributed by atoms with Crippen molar-refractivity contribution in [2.75, 3.05) is 0 Å². The van der Waals surface area contributed by atoms with Crippen molar-refractivity contribution >= 4 is 23.4 Å². The van der Waals surface area contributed by atoms with Crippen molar-refractivity contribution in [3.05, 3.63) is 59.0 Å². The summed E-state index contributed by atoms with van der Waals surface area (Å²) in [7, 11) is 0. The van der Waals surface area contributed by atoms with E-state index in [9.17, 15) is 9.59 Å². The summed E-state index contributed by atoms with van der Waals surface area (Å²) in [4.78, 5) is 24.3. The van der Waals surface area contributed by atoms with Gasteiger partial charge >= 0.3 is 0 Å². The highest BCUT2D eigenvalue weighted by Gasteiger charge is 2.46. The molecule has 1 saturated carbocycles. The van der Waals surface area contributed by atoms with E-state index in [0.29, 0.717) is 5.02 Å². The molecule has 6 heteroatoms. The van der Waals surface area contributed by atoms with Crippen molar-refractivity contribution in [2.45, 2.75) is 31.3 Å². The molecule has 1 aliphatic rings. The molecule has 1 aromatic heterocycles. The van der Waals surface area contributed by atoms with Gasteiger partial charge in [0.1, 0.15) is 6.04 Å². The molecule has 2 amide bonds. The topological polar surface area (TPSA) is 71.3 Å². The minimum Gasteiger partial charge on any atom is -0.459 e. The summed E-state index contributed by atoms with van der Waals surface area (Å²) in [5.74, 6) is -0.465. The Hall–Kier alpha value is -2.27. The predicted octanol–water partition coefficient (Wildman–Crippen LogP) is 2.86. The molecule has 1 aromatic carbocycles. The molecule has 3 rings (SSSR count). The highest BCUT2D eigenvalue weighted by Crippen LogP contribution is 2.46. The summed E-state index contributed by atoms with van der Waals surface area (Å²) >= 11 is 6.02. The Balaban J connectivity index is 1.63. The Bertz CT molecular complexity index is 723. The van der Waals surface area contributed by atoms with E-state index < -0.39 is 11.9 Å². The average molecular weight is 333 g/mol. The molecular weight excluding hydrogens is 316 g/mol. The fourth-order valence-corrected chi connectivity index (χ4v) is 2.67. The standard InChI is InChI=1S/C17H17ClN2O3/c1-11(19-16(22)14-6-3-9-23-14)15(21)20-17(7-8-17)12-4-2-5-13(18)10-12/h2-6,9-11H,7-8H2,1H3,(H,19,22)(H,20,21). The van der Waals surface area contributed by atoms with Crippen LogP contribution >= 0.6 is 11.6 Å². The third kappa shape index (κ3) is 3.40. The molecule has 1 atom stereocenters. The van der Waals surface area contributed by atoms with Crippen LogP contribution in [0.3, 0.4) is 0 Å². The van der Waals surface area contributed by atoms with E-state index in [1.807, 2.05) is 18.2 Å². The summed E-state index contributed by atoms with van der Waals surface area (Å²) in [6, 6.07) is 9.99. The molecule has 0 aliphatic heterocycles. The van der Waals surface area contributed by atoms with Crippen molar-refractivity contribution in [1.82, 2.24) is 10.6 Å². The maximum Gasteiger partial charge on any atom is 0.287 e. The first-order valence-corrected chi connectivity index (χ1v) is 7.80. The first kappa shape index (κ1) is 15.6. The van der Waals surface area contributed by atoms with Crippen molar-refractivity contribution in [3.63, 3.8) is 0 Å². The second-order valence-corrected chi connectivity index (χ2v) is 6.19. The van der Waals surface area contributed by atoms with E-state index in [4.69, 9.17) is 16.0 Å². The van der Waals surface area contributed by atoms with Gasteiger partial charge < -0.3 is 15.1 Å². The van der Waals surface area contributed by atoms with E-state index in [2.05, 4.69) is 10.6 Å². The zero-order chi connectivity index (χ0) is 16.4. The first-order chi connectivity index (χ1) is 11.0. The summed E-state index contributed by atoms with van der Waals surface area (Å²) in [5, 5.41) is 6.28. The highest BCUT2D eigenvalue weighted by molar-refractivity contribution is 6.30. The van der Waals surface area contributed by atoms with E-state index in [-0.39, 0.29) is 17.2 Å². The lowest BCUT2D eigenvalue weighted by Gasteiger charge is -2.21. The molecule has 2 N–H and O–H groups in total. The summed E-state index contributed by atoms with van der Waals surface area (Å²) in [6.45, 7) is 1.64. The smallest absolute Gasteiger partial charge is 0.287 e. The van der Waals surface area contributed by atoms with Gasteiger partial charge in [0.15, 0.2) is 5.76 Å². The molecule has 1 aliphatic carbocycles. The van der Waals surface area contributed by atoms with Crippen LogP contribution in [0.5, 0.6) is 0 Å². The number of amides is 2. The van der Waals surface area contributed by atoms with Gasteiger partial charge in [0.05, 0.1) is 11.8 Å². The molecule has 23 heavy (non-hydrogen) atoms. The first-order valence-electron chi connectivity index (χ1n) is 7.43. The van der Waals surface area contributed by atoms with Crippen LogP contribution in [0.25, 0.3) is 0 Å². The molecule has 0 bridgehead atoms. The number of hydrogen-bond donors (Lipinski definition) is 2. The van der Waals surface area contributed by atoms with Crippen molar-refractivity contribution < 1.29 is 14.0 Å². The average Bonchev–Trinajstić information content (AvgIpc) is 3.10. The van der Waals surface area contributed by atoms with E-state index in [0.717, 1.165) is 18.4 Å². The third-order valence-corrected chi connectivity index (χ3v) is 4.21. The lowest BCUT2D eigenvalue weighted by Crippen LogP contribution is -2.48. The van der Waals surface area contributed by atoms with Crippen LogP contribution < -0.4 is 10.6 Å². The monoisotopic (exact) mass is 332 g/mol. The number of furan rings is 1. The molecule has 5 nitrogen and oxygen atoms in total. The van der Waals surface area contributed by atoms with Crippen LogP contribution in [0, 0.1) is 0 Å². The molecule has 0 spiro atoms. The van der Waals surface area contributed by atoms with Gasteiger partial charge in [0.25, 0.3) is 5.91 Å². The number of rotatable bonds is 5. The van der Waals surface area contributed by atoms with Gasteiger partial charge in [0.2, 0.25) is 5.91 Å². The molecule has 120 valence electrons. The maximum absolute atomic E-state index is 12.4. The number of nitrogens with one attached hydrogen (secondary N) is 2. The number of benzene rings is 1. The van der Waals surface area contributed by atoms with Gasteiger partial charge in [0, 0.05) is 5.02 Å². The van der Waals surface area contributed by atoms with Crippen LogP contribution in [0.15, 0.2) is 47.1 Å². The number of carbonyl (C=O) groups is 2. The Morgan fingerprint density at radius 2 is 2.04 bits per heavy atom. The molecule has 1 unspecified atom stereocenters. The Labute approximate surface area is 139 Å². The van der Waals surface area contributed by atoms with E-state index >= 15 is 0 Å². The van der Waals surface area contributed by atoms with Crippen molar-refractivity contribution in [3.8, 4) is 0 Å². The minimum atomic E-state index is -0.663. The number of hydrogen-bond acceptors (Lipinski definition) is 3. The fraction of sp³-hybridized carbons (Fsp3) is 0.294. The zero-order valence-electron chi connectivity index (χ0n) is 12.6. The summed E-state index contributed by atoms with van der Waals surface area (Å²) in [5.41, 5.74) is 0.619. The molecule has 2 aromatic rings. The van der Waals surface area contributed by atoms with Crippen LogP contribution in [0.4, 0.5) is 0 Å². The van der Waals surface area contributed by atoms with E-state index in [1.54, 1.807) is 25.1 Å². The second-order valence-electron chi connectivity index (χ2n) is 5.75. The third-order valence-electron chi connectivity index (χ3n) is 3.98. The SMILES string of the molecule is CC(NC(=O)c1ccco1)C(=O)NC1(c2cccc(Cl)c2)CC1. The van der Waals surface area contributed by atoms with E-state index in [1.165, 1.54) is 6.26 Å². The van der Waals surface area contributed by atoms with Crippen LogP contribution in [-0.4, -0.2) is 17.9 Å². The fourth-order valence-electron chi connectivity index (χ4n) is 2.48. The summed E-state index contributed by atoms with van der Waals surface area (Å²) in [6.07, 6.45) is 3.13. The number of carbonyl (C=O) groups excluding carboxylic acids is 2. The lowest BCUT2D eigenvalue weighted by molar-refractivity contribution is -0.123. The van der Waals surface area contributed by atoms with Crippen LogP contribution in [-0.2, 0) is 10.3 Å². The largest absolute Gasteiger partial charge is 0.459 e. The molecule has 1 heterocycles. The molecular formula is C17H17ClN2O3. The quantitative estimate of drug-likeness (QED) is 0.884. The second kappa shape index (κ2) is 6.08. The number of halogens is 1. The Kier molecular flexibility index (Phi) is 4.13. The van der Waals surface area contributed by atoms with Gasteiger partial charge in [-0.05, 0) is 49.6 Å². The van der Waals surface area contributed by atoms with Gasteiger partial charge in [-0.3, -0.25) is 9.59 Å². The summed E-state index contributed by atoms with van der Waals surface area (Å²) < 4.78 is 5.01. The van der Waals surface area contributed by atoms with Crippen LogP contribution in [0.2, 0.25) is 5.02 Å². The van der Waals surface area contributed by atoms with Crippen LogP contribution in [0.1, 0.15) is 35.9 Å². The van der Waals surface area contributed by atoms with Gasteiger partial charge in [-0.25, -0.2) is 0 Å². The molecule has 1 fully saturated rings. The normalized spacial score (nSPS) is 16.4. The minimum absolute atomic E-state index is 0.181. The van der Waals surface area contributed by atoms with Crippen molar-refractivity contribution in [1.29, 1.82) is 0 Å². The zero-order valence-corrected chi connectivity index (χ0v) is 13.4. The maximum atomic E-state index is 12.4. The Morgan fingerprint density at radius 3 is 2.65 bits per heavy atom. The van der Waals surface area contributed by atoms with Crippen molar-refractivity contribution in [2.24, 2.45) is 0 Å². The Morgan fingerprint density at radius 1 is 1.26 bits per heavy atom. The van der Waals surface area contributed by atoms with Gasteiger partial charge in [-0.15, -0.1) is 0 Å².